The molecule has 2 heterocycles. The van der Waals surface area contributed by atoms with Gasteiger partial charge in [-0.1, -0.05) is 6.92 Å². The molecule has 0 spiro atoms. The van der Waals surface area contributed by atoms with Crippen molar-refractivity contribution >= 4 is 16.9 Å². The molecule has 0 amide bonds. The molecule has 4 nitrogen and oxygen atoms in total. The second-order valence-electron chi connectivity index (χ2n) is 2.62. The summed E-state index contributed by atoms with van der Waals surface area (Å²) < 4.78 is 0. The van der Waals surface area contributed by atoms with Gasteiger partial charge in [0.1, 0.15) is 17.3 Å². The van der Waals surface area contributed by atoms with Crippen molar-refractivity contribution in [3.05, 3.63) is 18.1 Å². The summed E-state index contributed by atoms with van der Waals surface area (Å²) in [5.74, 6) is 1.33. The van der Waals surface area contributed by atoms with Crippen molar-refractivity contribution in [1.82, 2.24) is 15.0 Å². The Balaban J connectivity index is 2.75. The predicted octanol–water partition coefficient (Wildman–Crippen LogP) is 1.10. The van der Waals surface area contributed by atoms with Crippen molar-refractivity contribution in [2.24, 2.45) is 0 Å². The molecule has 0 saturated heterocycles. The summed E-state index contributed by atoms with van der Waals surface area (Å²) in [5, 5.41) is 0.896. The molecule has 0 bridgehead atoms. The lowest BCUT2D eigenvalue weighted by Gasteiger charge is -1.98. The number of nitrogens with one attached hydrogen (secondary N) is 1. The third-order valence-corrected chi connectivity index (χ3v) is 1.81. The Bertz CT molecular complexity index is 404. The highest BCUT2D eigenvalue weighted by Gasteiger charge is 2.03. The number of nitrogen functional groups attached to an aromatic ring is 1. The standard InChI is InChI=1S/C8H10N4/c1-2-6-11-7(9)5-3-4-10-8(5)12-6/h3-4H,2H2,1H3,(H3,9,10,11,12). The van der Waals surface area contributed by atoms with Gasteiger partial charge in [0.25, 0.3) is 0 Å². The molecule has 0 aliphatic carbocycles. The summed E-state index contributed by atoms with van der Waals surface area (Å²) in [6.45, 7) is 2.00. The Morgan fingerprint density at radius 3 is 3.08 bits per heavy atom. The molecule has 2 aromatic rings. The molecule has 0 aliphatic rings. The van der Waals surface area contributed by atoms with Crippen molar-refractivity contribution in [1.29, 1.82) is 0 Å². The Kier molecular flexibility index (Phi) is 1.46. The van der Waals surface area contributed by atoms with Crippen LogP contribution in [0.25, 0.3) is 11.0 Å². The predicted molar refractivity (Wildman–Crippen MR) is 47.7 cm³/mol. The van der Waals surface area contributed by atoms with Gasteiger partial charge in [0.15, 0.2) is 0 Å². The fraction of sp³-hybridized carbons (Fsp3) is 0.250. The fourth-order valence-electron chi connectivity index (χ4n) is 1.17. The number of nitrogens with two attached hydrogens (primary N) is 1. The molecule has 0 saturated carbocycles. The van der Waals surface area contributed by atoms with Crippen LogP contribution in [-0.2, 0) is 6.42 Å². The summed E-state index contributed by atoms with van der Waals surface area (Å²) in [4.78, 5) is 11.4. The Morgan fingerprint density at radius 1 is 1.50 bits per heavy atom. The molecule has 0 aromatic carbocycles. The van der Waals surface area contributed by atoms with Crippen LogP contribution >= 0.6 is 0 Å². The molecule has 4 heteroatoms. The van der Waals surface area contributed by atoms with Crippen LogP contribution in [-0.4, -0.2) is 15.0 Å². The van der Waals surface area contributed by atoms with E-state index in [2.05, 4.69) is 15.0 Å². The summed E-state index contributed by atoms with van der Waals surface area (Å²) in [5.41, 5.74) is 6.52. The summed E-state index contributed by atoms with van der Waals surface area (Å²) in [6.07, 6.45) is 2.62. The molecule has 0 radical (unpaired) electrons. The van der Waals surface area contributed by atoms with Gasteiger partial charge in [0.05, 0.1) is 5.39 Å². The lowest BCUT2D eigenvalue weighted by molar-refractivity contribution is 0.961. The molecule has 12 heavy (non-hydrogen) atoms. The smallest absolute Gasteiger partial charge is 0.143 e. The normalized spacial score (nSPS) is 10.8. The Labute approximate surface area is 69.8 Å². The van der Waals surface area contributed by atoms with Crippen LogP contribution in [0.2, 0.25) is 0 Å². The van der Waals surface area contributed by atoms with Crippen molar-refractivity contribution < 1.29 is 0 Å². The molecule has 62 valence electrons. The van der Waals surface area contributed by atoms with Crippen LogP contribution in [0.15, 0.2) is 12.3 Å². The van der Waals surface area contributed by atoms with E-state index in [1.807, 2.05) is 19.2 Å². The largest absolute Gasteiger partial charge is 0.383 e. The SMILES string of the molecule is CCc1nc(N)c2cc[nH]c2n1. The Morgan fingerprint density at radius 2 is 2.33 bits per heavy atom. The molecular formula is C8H10N4. The van der Waals surface area contributed by atoms with Crippen molar-refractivity contribution in [2.75, 3.05) is 5.73 Å². The lowest BCUT2D eigenvalue weighted by atomic mass is 10.3. The zero-order chi connectivity index (χ0) is 8.55. The van der Waals surface area contributed by atoms with Gasteiger partial charge in [0, 0.05) is 12.6 Å². The van der Waals surface area contributed by atoms with Crippen LogP contribution < -0.4 is 5.73 Å². The van der Waals surface area contributed by atoms with Crippen molar-refractivity contribution in [3.63, 3.8) is 0 Å². The summed E-state index contributed by atoms with van der Waals surface area (Å²) >= 11 is 0. The van der Waals surface area contributed by atoms with E-state index in [1.54, 1.807) is 0 Å². The highest BCUT2D eigenvalue weighted by Crippen LogP contribution is 2.15. The number of aryl methyl sites for hydroxylation is 1. The number of aromatic amines is 1. The maximum Gasteiger partial charge on any atom is 0.143 e. The van der Waals surface area contributed by atoms with Gasteiger partial charge in [-0.2, -0.15) is 0 Å². The van der Waals surface area contributed by atoms with Crippen LogP contribution in [0.5, 0.6) is 0 Å². The van der Waals surface area contributed by atoms with Crippen LogP contribution in [0.4, 0.5) is 5.82 Å². The number of anilines is 1. The fourth-order valence-corrected chi connectivity index (χ4v) is 1.17. The van der Waals surface area contributed by atoms with E-state index in [4.69, 9.17) is 5.73 Å². The molecular weight excluding hydrogens is 152 g/mol. The van der Waals surface area contributed by atoms with E-state index >= 15 is 0 Å². The third-order valence-electron chi connectivity index (χ3n) is 1.81. The Hall–Kier alpha value is -1.58. The number of H-pyrrole nitrogens is 1. The molecule has 0 aliphatic heterocycles. The van der Waals surface area contributed by atoms with Crippen LogP contribution in [0.1, 0.15) is 12.7 Å². The molecule has 0 unspecified atom stereocenters. The minimum absolute atomic E-state index is 0.554. The summed E-state index contributed by atoms with van der Waals surface area (Å²) in [7, 11) is 0. The number of hydrogen-bond donors (Lipinski definition) is 2. The molecule has 0 atom stereocenters. The van der Waals surface area contributed by atoms with Gasteiger partial charge in [0.2, 0.25) is 0 Å². The van der Waals surface area contributed by atoms with Gasteiger partial charge in [-0.05, 0) is 6.07 Å². The number of nitrogens with zero attached hydrogens (tertiary/aromatic N) is 2. The molecule has 2 aromatic heterocycles. The first-order chi connectivity index (χ1) is 5.81. The van der Waals surface area contributed by atoms with E-state index in [0.717, 1.165) is 23.3 Å². The van der Waals surface area contributed by atoms with Crippen molar-refractivity contribution in [2.45, 2.75) is 13.3 Å². The minimum Gasteiger partial charge on any atom is -0.383 e. The number of aromatic nitrogens is 3. The van der Waals surface area contributed by atoms with Crippen molar-refractivity contribution in [3.8, 4) is 0 Å². The maximum atomic E-state index is 5.71. The van der Waals surface area contributed by atoms with Gasteiger partial charge >= 0.3 is 0 Å². The highest BCUT2D eigenvalue weighted by atomic mass is 15.0. The average molecular weight is 162 g/mol. The minimum atomic E-state index is 0.554. The number of fused-ring (bicyclic) bond motifs is 1. The van der Waals surface area contributed by atoms with E-state index < -0.39 is 0 Å². The van der Waals surface area contributed by atoms with E-state index in [9.17, 15) is 0 Å². The quantitative estimate of drug-likeness (QED) is 0.659. The third kappa shape index (κ3) is 0.922. The maximum absolute atomic E-state index is 5.71. The zero-order valence-electron chi connectivity index (χ0n) is 6.83. The first-order valence-corrected chi connectivity index (χ1v) is 3.90. The van der Waals surface area contributed by atoms with Gasteiger partial charge in [-0.25, -0.2) is 9.97 Å². The number of rotatable bonds is 1. The van der Waals surface area contributed by atoms with Gasteiger partial charge in [-0.3, -0.25) is 0 Å². The monoisotopic (exact) mass is 162 g/mol. The zero-order valence-corrected chi connectivity index (χ0v) is 6.83. The van der Waals surface area contributed by atoms with E-state index in [-0.39, 0.29) is 0 Å². The topological polar surface area (TPSA) is 67.6 Å². The van der Waals surface area contributed by atoms with Crippen LogP contribution in [0, 0.1) is 0 Å². The second-order valence-corrected chi connectivity index (χ2v) is 2.62. The average Bonchev–Trinajstić information content (AvgIpc) is 2.52. The highest BCUT2D eigenvalue weighted by molar-refractivity contribution is 5.85. The van der Waals surface area contributed by atoms with Crippen LogP contribution in [0.3, 0.4) is 0 Å². The lowest BCUT2D eigenvalue weighted by Crippen LogP contribution is -1.98. The first kappa shape index (κ1) is 7.09. The molecule has 0 fully saturated rings. The van der Waals surface area contributed by atoms with E-state index in [0.29, 0.717) is 5.82 Å². The molecule has 2 rings (SSSR count). The second kappa shape index (κ2) is 2.48. The number of hydrogen-bond acceptors (Lipinski definition) is 3. The molecule has 3 N–H and O–H groups in total. The van der Waals surface area contributed by atoms with E-state index in [1.165, 1.54) is 0 Å². The van der Waals surface area contributed by atoms with Gasteiger partial charge < -0.3 is 10.7 Å². The first-order valence-electron chi connectivity index (χ1n) is 3.90. The van der Waals surface area contributed by atoms with Gasteiger partial charge in [-0.15, -0.1) is 0 Å². The summed E-state index contributed by atoms with van der Waals surface area (Å²) in [6, 6.07) is 1.88.